The number of aliphatic hydroxyl groups is 1. The Labute approximate surface area is 187 Å². The number of rotatable bonds is 4. The summed E-state index contributed by atoms with van der Waals surface area (Å²) in [7, 11) is 1.54. The van der Waals surface area contributed by atoms with E-state index in [0.29, 0.717) is 22.0 Å². The first-order chi connectivity index (χ1) is 15.6. The quantitative estimate of drug-likeness (QED) is 0.287. The van der Waals surface area contributed by atoms with Crippen molar-refractivity contribution in [2.24, 2.45) is 0 Å². The molecular weight excluding hydrogens is 426 g/mol. The fourth-order valence-corrected chi connectivity index (χ4v) is 4.75. The van der Waals surface area contributed by atoms with Crippen molar-refractivity contribution in [1.29, 1.82) is 0 Å². The fourth-order valence-electron chi connectivity index (χ4n) is 3.76. The van der Waals surface area contributed by atoms with Crippen LogP contribution in [-0.4, -0.2) is 33.9 Å². The van der Waals surface area contributed by atoms with E-state index in [0.717, 1.165) is 10.2 Å². The van der Waals surface area contributed by atoms with Crippen LogP contribution in [0.1, 0.15) is 17.2 Å². The minimum Gasteiger partial charge on any atom is -0.507 e. The van der Waals surface area contributed by atoms with Crippen LogP contribution in [0.25, 0.3) is 16.0 Å². The Morgan fingerprint density at radius 2 is 1.75 bits per heavy atom. The maximum Gasteiger partial charge on any atom is 0.301 e. The highest BCUT2D eigenvalue weighted by Crippen LogP contribution is 2.44. The van der Waals surface area contributed by atoms with Gasteiger partial charge in [-0.2, -0.15) is 0 Å². The molecule has 0 spiro atoms. The van der Waals surface area contributed by atoms with Gasteiger partial charge in [0.1, 0.15) is 11.5 Å². The molecule has 3 heterocycles. The number of thiazole rings is 1. The van der Waals surface area contributed by atoms with Crippen molar-refractivity contribution in [2.75, 3.05) is 12.0 Å². The van der Waals surface area contributed by atoms with E-state index in [2.05, 4.69) is 9.97 Å². The summed E-state index contributed by atoms with van der Waals surface area (Å²) < 4.78 is 6.06. The van der Waals surface area contributed by atoms with E-state index in [1.54, 1.807) is 55.9 Å². The molecule has 1 aliphatic heterocycles. The number of aromatic nitrogens is 2. The van der Waals surface area contributed by atoms with Gasteiger partial charge in [-0.1, -0.05) is 23.5 Å². The lowest BCUT2D eigenvalue weighted by atomic mass is 9.96. The van der Waals surface area contributed by atoms with E-state index < -0.39 is 17.7 Å². The van der Waals surface area contributed by atoms with Gasteiger partial charge >= 0.3 is 5.91 Å². The molecule has 2 aromatic heterocycles. The van der Waals surface area contributed by atoms with E-state index >= 15 is 0 Å². The molecule has 0 saturated carbocycles. The van der Waals surface area contributed by atoms with E-state index in [-0.39, 0.29) is 11.3 Å². The number of fused-ring (bicyclic) bond motifs is 1. The Kier molecular flexibility index (Phi) is 4.91. The molecule has 0 radical (unpaired) electrons. The van der Waals surface area contributed by atoms with Crippen LogP contribution in [-0.2, 0) is 9.59 Å². The zero-order valence-corrected chi connectivity index (χ0v) is 17.7. The average molecular weight is 443 g/mol. The summed E-state index contributed by atoms with van der Waals surface area (Å²) in [5, 5.41) is 11.5. The molecule has 1 aliphatic rings. The van der Waals surface area contributed by atoms with Gasteiger partial charge in [0.05, 0.1) is 28.9 Å². The van der Waals surface area contributed by atoms with Crippen LogP contribution in [0.5, 0.6) is 5.75 Å². The Bertz CT molecular complexity index is 1330. The number of aliphatic hydroxyl groups excluding tert-OH is 1. The number of ketones is 1. The molecule has 5 rings (SSSR count). The van der Waals surface area contributed by atoms with Crippen LogP contribution in [0.2, 0.25) is 0 Å². The van der Waals surface area contributed by atoms with Gasteiger partial charge in [-0.15, -0.1) is 0 Å². The van der Waals surface area contributed by atoms with Gasteiger partial charge < -0.3 is 9.84 Å². The van der Waals surface area contributed by atoms with Gasteiger partial charge in [-0.3, -0.25) is 19.5 Å². The van der Waals surface area contributed by atoms with Gasteiger partial charge in [0, 0.05) is 18.0 Å². The largest absolute Gasteiger partial charge is 0.507 e. The first-order valence-corrected chi connectivity index (χ1v) is 10.6. The zero-order chi connectivity index (χ0) is 22.2. The smallest absolute Gasteiger partial charge is 0.301 e. The van der Waals surface area contributed by atoms with Gasteiger partial charge in [0.15, 0.2) is 5.13 Å². The van der Waals surface area contributed by atoms with Crippen LogP contribution in [0, 0.1) is 0 Å². The van der Waals surface area contributed by atoms with Crippen LogP contribution in [0.3, 0.4) is 0 Å². The van der Waals surface area contributed by atoms with Gasteiger partial charge in [-0.05, 0) is 54.1 Å². The number of carbonyl (C=O) groups is 2. The molecule has 4 aromatic rings. The molecular formula is C24H17N3O4S. The average Bonchev–Trinajstić information content (AvgIpc) is 3.38. The van der Waals surface area contributed by atoms with Crippen LogP contribution < -0.4 is 9.64 Å². The second kappa shape index (κ2) is 7.90. The zero-order valence-electron chi connectivity index (χ0n) is 16.9. The summed E-state index contributed by atoms with van der Waals surface area (Å²) in [5.74, 6) is -1.14. The number of anilines is 1. The summed E-state index contributed by atoms with van der Waals surface area (Å²) in [4.78, 5) is 36.3. The highest BCUT2D eigenvalue weighted by atomic mass is 32.1. The van der Waals surface area contributed by atoms with Gasteiger partial charge in [0.2, 0.25) is 0 Å². The lowest BCUT2D eigenvalue weighted by Crippen LogP contribution is -2.29. The van der Waals surface area contributed by atoms with E-state index in [1.807, 2.05) is 24.3 Å². The Balaban J connectivity index is 1.70. The minimum atomic E-state index is -0.833. The van der Waals surface area contributed by atoms with Crippen LogP contribution in [0.4, 0.5) is 5.13 Å². The molecule has 32 heavy (non-hydrogen) atoms. The fraction of sp³-hybridized carbons (Fsp3) is 0.0833. The lowest BCUT2D eigenvalue weighted by molar-refractivity contribution is -0.132. The molecule has 8 heteroatoms. The number of hydrogen-bond donors (Lipinski definition) is 1. The Hall–Kier alpha value is -4.04. The summed E-state index contributed by atoms with van der Waals surface area (Å²) in [6.07, 6.45) is 3.17. The number of para-hydroxylation sites is 1. The Morgan fingerprint density at radius 3 is 2.44 bits per heavy atom. The first kappa shape index (κ1) is 19.9. The van der Waals surface area contributed by atoms with Crippen molar-refractivity contribution in [3.05, 3.63) is 89.8 Å². The predicted molar refractivity (Wildman–Crippen MR) is 122 cm³/mol. The van der Waals surface area contributed by atoms with E-state index in [1.165, 1.54) is 16.2 Å². The Morgan fingerprint density at radius 1 is 1.03 bits per heavy atom. The number of amides is 1. The molecule has 0 aliphatic carbocycles. The van der Waals surface area contributed by atoms with Crippen molar-refractivity contribution in [1.82, 2.24) is 9.97 Å². The van der Waals surface area contributed by atoms with Crippen molar-refractivity contribution in [3.63, 3.8) is 0 Å². The van der Waals surface area contributed by atoms with E-state index in [9.17, 15) is 14.7 Å². The van der Waals surface area contributed by atoms with Gasteiger partial charge in [-0.25, -0.2) is 4.98 Å². The monoisotopic (exact) mass is 443 g/mol. The SMILES string of the molecule is COc1ccc(/C(O)=C2\C(=O)C(=O)N(c3nc4ccccc4s3)C2c2ccncc2)cc1. The maximum absolute atomic E-state index is 13.2. The third-order valence-electron chi connectivity index (χ3n) is 5.32. The molecule has 1 N–H and O–H groups in total. The van der Waals surface area contributed by atoms with Crippen molar-refractivity contribution in [3.8, 4) is 5.75 Å². The predicted octanol–water partition coefficient (Wildman–Crippen LogP) is 4.33. The number of pyridine rings is 1. The lowest BCUT2D eigenvalue weighted by Gasteiger charge is -2.22. The standard InChI is InChI=1S/C24H17N3O4S/c1-31-16-8-6-15(7-9-16)21(28)19-20(14-10-12-25-13-11-14)27(23(30)22(19)29)24-26-17-4-2-3-5-18(17)32-24/h2-13,20,28H,1H3/b21-19+. The third kappa shape index (κ3) is 3.21. The highest BCUT2D eigenvalue weighted by molar-refractivity contribution is 7.22. The number of ether oxygens (including phenoxy) is 1. The third-order valence-corrected chi connectivity index (χ3v) is 6.35. The van der Waals surface area contributed by atoms with Gasteiger partial charge in [0.25, 0.3) is 5.78 Å². The number of methoxy groups -OCH3 is 1. The molecule has 2 aromatic carbocycles. The summed E-state index contributed by atoms with van der Waals surface area (Å²) >= 11 is 1.32. The van der Waals surface area contributed by atoms with Crippen molar-refractivity contribution >= 4 is 44.1 Å². The second-order valence-electron chi connectivity index (χ2n) is 7.14. The molecule has 1 fully saturated rings. The molecule has 0 bridgehead atoms. The molecule has 1 atom stereocenters. The first-order valence-electron chi connectivity index (χ1n) is 9.79. The molecule has 1 unspecified atom stereocenters. The number of nitrogens with zero attached hydrogens (tertiary/aromatic N) is 3. The van der Waals surface area contributed by atoms with E-state index in [4.69, 9.17) is 4.74 Å². The number of carbonyl (C=O) groups excluding carboxylic acids is 2. The molecule has 1 saturated heterocycles. The molecule has 1 amide bonds. The summed E-state index contributed by atoms with van der Waals surface area (Å²) in [6.45, 7) is 0. The maximum atomic E-state index is 13.2. The minimum absolute atomic E-state index is 0.00521. The normalized spacial score (nSPS) is 17.8. The number of Topliss-reactive ketones (excluding diaryl/α,β-unsaturated/α-hetero) is 1. The number of hydrogen-bond acceptors (Lipinski definition) is 7. The van der Waals surface area contributed by atoms with Crippen LogP contribution in [0.15, 0.2) is 78.6 Å². The molecule has 7 nitrogen and oxygen atoms in total. The highest BCUT2D eigenvalue weighted by Gasteiger charge is 2.48. The van der Waals surface area contributed by atoms with Crippen molar-refractivity contribution in [2.45, 2.75) is 6.04 Å². The van der Waals surface area contributed by atoms with Crippen molar-refractivity contribution < 1.29 is 19.4 Å². The summed E-state index contributed by atoms with van der Waals surface area (Å²) in [5.41, 5.74) is 1.80. The summed E-state index contributed by atoms with van der Waals surface area (Å²) in [6, 6.07) is 16.8. The molecule has 158 valence electrons. The second-order valence-corrected chi connectivity index (χ2v) is 8.15. The van der Waals surface area contributed by atoms with Crippen LogP contribution >= 0.6 is 11.3 Å². The number of benzene rings is 2. The topological polar surface area (TPSA) is 92.6 Å².